The first-order valence-electron chi connectivity index (χ1n) is 6.27. The maximum atomic E-state index is 10.3. The molecule has 0 unspecified atom stereocenters. The Morgan fingerprint density at radius 1 is 1.19 bits per heavy atom. The fraction of sp³-hybridized carbons (Fsp3) is 0.769. The van der Waals surface area contributed by atoms with Crippen LogP contribution in [0.25, 0.3) is 0 Å². The first kappa shape index (κ1) is 15.2. The van der Waals surface area contributed by atoms with Crippen molar-refractivity contribution in [2.45, 2.75) is 52.4 Å². The van der Waals surface area contributed by atoms with Crippen LogP contribution in [0.2, 0.25) is 0 Å². The van der Waals surface area contributed by atoms with E-state index in [1.54, 1.807) is 0 Å². The van der Waals surface area contributed by atoms with E-state index in [4.69, 9.17) is 5.11 Å². The van der Waals surface area contributed by atoms with Crippen LogP contribution in [0.15, 0.2) is 11.6 Å². The molecule has 0 saturated heterocycles. The Balaban J connectivity index is 3.24. The lowest BCUT2D eigenvalue weighted by atomic mass is 10.1. The summed E-state index contributed by atoms with van der Waals surface area (Å²) in [5.41, 5.74) is 0.874. The van der Waals surface area contributed by atoms with Crippen molar-refractivity contribution in [3.63, 3.8) is 0 Å². The highest BCUT2D eigenvalue weighted by atomic mass is 16.4. The minimum Gasteiger partial charge on any atom is -0.478 e. The van der Waals surface area contributed by atoms with Crippen molar-refractivity contribution in [2.75, 3.05) is 13.1 Å². The Kier molecular flexibility index (Phi) is 10.1. The quantitative estimate of drug-likeness (QED) is 0.445. The zero-order valence-corrected chi connectivity index (χ0v) is 10.6. The average Bonchev–Trinajstić information content (AvgIpc) is 2.21. The SMILES string of the molecule is CCCCCCCCNCC(C)=CC(=O)O. The molecule has 0 aromatic rings. The number of nitrogens with one attached hydrogen (secondary N) is 1. The molecule has 0 saturated carbocycles. The smallest absolute Gasteiger partial charge is 0.328 e. The van der Waals surface area contributed by atoms with E-state index >= 15 is 0 Å². The Hall–Kier alpha value is -0.830. The molecule has 16 heavy (non-hydrogen) atoms. The van der Waals surface area contributed by atoms with Gasteiger partial charge in [-0.1, -0.05) is 44.6 Å². The fourth-order valence-electron chi connectivity index (χ4n) is 1.58. The molecule has 0 heterocycles. The lowest BCUT2D eigenvalue weighted by Gasteiger charge is -2.04. The van der Waals surface area contributed by atoms with Crippen LogP contribution in [0.5, 0.6) is 0 Å². The molecule has 0 bridgehead atoms. The van der Waals surface area contributed by atoms with Crippen molar-refractivity contribution >= 4 is 5.97 Å². The summed E-state index contributed by atoms with van der Waals surface area (Å²) in [5, 5.41) is 11.8. The van der Waals surface area contributed by atoms with Crippen LogP contribution in [-0.4, -0.2) is 24.2 Å². The Bertz CT molecular complexity index is 212. The second-order valence-electron chi connectivity index (χ2n) is 4.27. The molecule has 0 rings (SSSR count). The number of hydrogen-bond acceptors (Lipinski definition) is 2. The molecule has 0 fully saturated rings. The maximum Gasteiger partial charge on any atom is 0.328 e. The van der Waals surface area contributed by atoms with E-state index < -0.39 is 5.97 Å². The third-order valence-electron chi connectivity index (χ3n) is 2.48. The Labute approximate surface area is 98.9 Å². The van der Waals surface area contributed by atoms with Gasteiger partial charge in [0.25, 0.3) is 0 Å². The summed E-state index contributed by atoms with van der Waals surface area (Å²) < 4.78 is 0. The van der Waals surface area contributed by atoms with Crippen LogP contribution in [0.4, 0.5) is 0 Å². The summed E-state index contributed by atoms with van der Waals surface area (Å²) in [6.45, 7) is 5.72. The first-order valence-corrected chi connectivity index (χ1v) is 6.27. The standard InChI is InChI=1S/C13H25NO2/c1-3-4-5-6-7-8-9-14-11-12(2)10-13(15)16/h10,14H,3-9,11H2,1-2H3,(H,15,16). The molecular formula is C13H25NO2. The van der Waals surface area contributed by atoms with Crippen molar-refractivity contribution < 1.29 is 9.90 Å². The van der Waals surface area contributed by atoms with Gasteiger partial charge >= 0.3 is 5.97 Å². The van der Waals surface area contributed by atoms with Crippen LogP contribution in [-0.2, 0) is 4.79 Å². The summed E-state index contributed by atoms with van der Waals surface area (Å²) in [4.78, 5) is 10.3. The summed E-state index contributed by atoms with van der Waals surface area (Å²) in [5.74, 6) is -0.862. The zero-order valence-electron chi connectivity index (χ0n) is 10.6. The molecular weight excluding hydrogens is 202 g/mol. The third kappa shape index (κ3) is 11.2. The normalized spacial score (nSPS) is 11.8. The molecule has 0 atom stereocenters. The fourth-order valence-corrected chi connectivity index (χ4v) is 1.58. The second-order valence-corrected chi connectivity index (χ2v) is 4.27. The van der Waals surface area contributed by atoms with Crippen LogP contribution in [0.1, 0.15) is 52.4 Å². The van der Waals surface area contributed by atoms with Gasteiger partial charge in [0.15, 0.2) is 0 Å². The van der Waals surface area contributed by atoms with Gasteiger partial charge in [-0.05, 0) is 19.9 Å². The lowest BCUT2D eigenvalue weighted by molar-refractivity contribution is -0.131. The average molecular weight is 227 g/mol. The van der Waals surface area contributed by atoms with Gasteiger partial charge < -0.3 is 10.4 Å². The number of carboxylic acids is 1. The van der Waals surface area contributed by atoms with Gasteiger partial charge in [0.1, 0.15) is 0 Å². The molecule has 0 amide bonds. The van der Waals surface area contributed by atoms with Gasteiger partial charge in [-0.3, -0.25) is 0 Å². The molecule has 3 nitrogen and oxygen atoms in total. The number of carboxylic acid groups (broad SMARTS) is 1. The second kappa shape index (κ2) is 10.7. The summed E-state index contributed by atoms with van der Waals surface area (Å²) in [7, 11) is 0. The predicted molar refractivity (Wildman–Crippen MR) is 67.6 cm³/mol. The molecule has 0 aromatic carbocycles. The molecule has 2 N–H and O–H groups in total. The van der Waals surface area contributed by atoms with E-state index in [-0.39, 0.29) is 0 Å². The van der Waals surface area contributed by atoms with Crippen molar-refractivity contribution in [1.82, 2.24) is 5.32 Å². The van der Waals surface area contributed by atoms with E-state index in [1.807, 2.05) is 6.92 Å². The van der Waals surface area contributed by atoms with E-state index in [1.165, 1.54) is 44.6 Å². The van der Waals surface area contributed by atoms with Crippen LogP contribution >= 0.6 is 0 Å². The summed E-state index contributed by atoms with van der Waals surface area (Å²) >= 11 is 0. The maximum absolute atomic E-state index is 10.3. The predicted octanol–water partition coefficient (Wildman–Crippen LogP) is 2.97. The number of unbranched alkanes of at least 4 members (excludes halogenated alkanes) is 5. The Morgan fingerprint density at radius 3 is 2.44 bits per heavy atom. The first-order chi connectivity index (χ1) is 7.66. The molecule has 0 spiro atoms. The van der Waals surface area contributed by atoms with E-state index in [2.05, 4.69) is 12.2 Å². The highest BCUT2D eigenvalue weighted by molar-refractivity contribution is 5.80. The molecule has 0 radical (unpaired) electrons. The number of aliphatic carboxylic acids is 1. The molecule has 0 aliphatic rings. The van der Waals surface area contributed by atoms with Gasteiger partial charge in [0.2, 0.25) is 0 Å². The van der Waals surface area contributed by atoms with Crippen LogP contribution in [0.3, 0.4) is 0 Å². The van der Waals surface area contributed by atoms with Crippen molar-refractivity contribution in [3.05, 3.63) is 11.6 Å². The lowest BCUT2D eigenvalue weighted by Crippen LogP contribution is -2.18. The van der Waals surface area contributed by atoms with E-state index in [9.17, 15) is 4.79 Å². The number of carbonyl (C=O) groups is 1. The van der Waals surface area contributed by atoms with Crippen molar-refractivity contribution in [1.29, 1.82) is 0 Å². The summed E-state index contributed by atoms with van der Waals surface area (Å²) in [6, 6.07) is 0. The minimum atomic E-state index is -0.862. The summed E-state index contributed by atoms with van der Waals surface area (Å²) in [6.07, 6.45) is 9.01. The molecule has 94 valence electrons. The van der Waals surface area contributed by atoms with Crippen molar-refractivity contribution in [3.8, 4) is 0 Å². The minimum absolute atomic E-state index is 0.682. The van der Waals surface area contributed by atoms with Crippen LogP contribution in [0, 0.1) is 0 Å². The van der Waals surface area contributed by atoms with Crippen molar-refractivity contribution in [2.24, 2.45) is 0 Å². The van der Waals surface area contributed by atoms with Gasteiger partial charge in [0.05, 0.1) is 0 Å². The third-order valence-corrected chi connectivity index (χ3v) is 2.48. The molecule has 0 aliphatic carbocycles. The van der Waals surface area contributed by atoms with E-state index in [0.29, 0.717) is 6.54 Å². The van der Waals surface area contributed by atoms with Gasteiger partial charge in [0, 0.05) is 12.6 Å². The van der Waals surface area contributed by atoms with E-state index in [0.717, 1.165) is 12.1 Å². The van der Waals surface area contributed by atoms with Gasteiger partial charge in [-0.15, -0.1) is 0 Å². The highest BCUT2D eigenvalue weighted by Crippen LogP contribution is 2.04. The van der Waals surface area contributed by atoms with Crippen LogP contribution < -0.4 is 5.32 Å². The Morgan fingerprint density at radius 2 is 1.81 bits per heavy atom. The molecule has 0 aromatic heterocycles. The largest absolute Gasteiger partial charge is 0.478 e. The van der Waals surface area contributed by atoms with Gasteiger partial charge in [-0.2, -0.15) is 0 Å². The molecule has 0 aliphatic heterocycles. The zero-order chi connectivity index (χ0) is 12.2. The number of hydrogen-bond donors (Lipinski definition) is 2. The highest BCUT2D eigenvalue weighted by Gasteiger charge is 1.94. The monoisotopic (exact) mass is 227 g/mol. The molecule has 3 heteroatoms. The number of rotatable bonds is 10. The topological polar surface area (TPSA) is 49.3 Å². The van der Waals surface area contributed by atoms with Gasteiger partial charge in [-0.25, -0.2) is 4.79 Å².